The summed E-state index contributed by atoms with van der Waals surface area (Å²) < 4.78 is 1.39. The monoisotopic (exact) mass is 324 g/mol. The van der Waals surface area contributed by atoms with Gasteiger partial charge in [0.2, 0.25) is 0 Å². The van der Waals surface area contributed by atoms with E-state index in [9.17, 15) is 0 Å². The fourth-order valence-electron chi connectivity index (χ4n) is 1.55. The van der Waals surface area contributed by atoms with Gasteiger partial charge in [0.15, 0.2) is 11.6 Å². The average Bonchev–Trinajstić information content (AvgIpc) is 2.36. The first-order chi connectivity index (χ1) is 8.61. The number of aromatic amines is 1. The van der Waals surface area contributed by atoms with Crippen LogP contribution in [0.4, 0.5) is 0 Å². The number of nitrogens with one attached hydrogen (secondary N) is 1. The van der Waals surface area contributed by atoms with E-state index in [0.717, 1.165) is 28.6 Å². The quantitative estimate of drug-likeness (QED) is 0.876. The van der Waals surface area contributed by atoms with Crippen molar-refractivity contribution in [3.8, 4) is 11.6 Å². The Morgan fingerprint density at radius 2 is 2.00 bits per heavy atom. The van der Waals surface area contributed by atoms with Gasteiger partial charge in [0.25, 0.3) is 0 Å². The van der Waals surface area contributed by atoms with Crippen LogP contribution in [0.1, 0.15) is 24.6 Å². The Balaban J connectivity index is 2.51. The van der Waals surface area contributed by atoms with E-state index >= 15 is 0 Å². The number of H-pyrrole nitrogens is 1. The lowest BCUT2D eigenvalue weighted by Crippen LogP contribution is -2.01. The number of aryl methyl sites for hydroxylation is 2. The molecule has 2 aromatic rings. The molecule has 0 radical (unpaired) electrons. The zero-order valence-electron chi connectivity index (χ0n) is 10.2. The average molecular weight is 325 g/mol. The van der Waals surface area contributed by atoms with Crippen molar-refractivity contribution in [2.45, 2.75) is 26.7 Å². The van der Waals surface area contributed by atoms with Crippen LogP contribution in [0.25, 0.3) is 11.6 Å². The van der Waals surface area contributed by atoms with Crippen molar-refractivity contribution in [1.82, 2.24) is 19.9 Å². The van der Waals surface area contributed by atoms with Gasteiger partial charge in [0.05, 0.1) is 4.47 Å². The third kappa shape index (κ3) is 2.81. The SMILES string of the molecule is CCCc1[nH]c(-c2ncc(C)cn2)nc(=S)c1Br. The predicted molar refractivity (Wildman–Crippen MR) is 76.9 cm³/mol. The van der Waals surface area contributed by atoms with E-state index in [-0.39, 0.29) is 0 Å². The summed E-state index contributed by atoms with van der Waals surface area (Å²) in [4.78, 5) is 16.1. The Morgan fingerprint density at radius 3 is 2.61 bits per heavy atom. The highest BCUT2D eigenvalue weighted by atomic mass is 79.9. The van der Waals surface area contributed by atoms with E-state index in [0.29, 0.717) is 16.3 Å². The van der Waals surface area contributed by atoms with Gasteiger partial charge in [0.1, 0.15) is 4.64 Å². The van der Waals surface area contributed by atoms with Crippen molar-refractivity contribution in [1.29, 1.82) is 0 Å². The van der Waals surface area contributed by atoms with Crippen LogP contribution in [0.3, 0.4) is 0 Å². The topological polar surface area (TPSA) is 54.5 Å². The second-order valence-corrected chi connectivity index (χ2v) is 5.20. The van der Waals surface area contributed by atoms with Crippen LogP contribution in [-0.2, 0) is 6.42 Å². The lowest BCUT2D eigenvalue weighted by Gasteiger charge is -2.06. The third-order valence-electron chi connectivity index (χ3n) is 2.43. The minimum Gasteiger partial charge on any atom is -0.339 e. The highest BCUT2D eigenvalue weighted by Gasteiger charge is 2.09. The van der Waals surface area contributed by atoms with E-state index in [4.69, 9.17) is 12.2 Å². The second-order valence-electron chi connectivity index (χ2n) is 4.02. The van der Waals surface area contributed by atoms with Crippen LogP contribution in [0.15, 0.2) is 16.9 Å². The summed E-state index contributed by atoms with van der Waals surface area (Å²) >= 11 is 8.70. The van der Waals surface area contributed by atoms with E-state index in [1.165, 1.54) is 0 Å². The number of aromatic nitrogens is 4. The molecule has 0 aromatic carbocycles. The fourth-order valence-corrected chi connectivity index (χ4v) is 2.15. The lowest BCUT2D eigenvalue weighted by molar-refractivity contribution is 0.861. The van der Waals surface area contributed by atoms with Gasteiger partial charge in [-0.15, -0.1) is 0 Å². The molecule has 0 atom stereocenters. The number of hydrogen-bond donors (Lipinski definition) is 1. The van der Waals surface area contributed by atoms with Crippen molar-refractivity contribution < 1.29 is 0 Å². The molecule has 0 saturated carbocycles. The molecule has 2 heterocycles. The molecule has 0 aliphatic heterocycles. The molecule has 0 spiro atoms. The van der Waals surface area contributed by atoms with Gasteiger partial charge >= 0.3 is 0 Å². The van der Waals surface area contributed by atoms with Crippen LogP contribution in [0, 0.1) is 11.6 Å². The minimum absolute atomic E-state index is 0.538. The normalized spacial score (nSPS) is 10.6. The molecule has 0 bridgehead atoms. The Morgan fingerprint density at radius 1 is 1.33 bits per heavy atom. The molecule has 94 valence electrons. The van der Waals surface area contributed by atoms with Crippen LogP contribution in [0.2, 0.25) is 0 Å². The Bertz CT molecular complexity index is 606. The van der Waals surface area contributed by atoms with Crippen LogP contribution in [-0.4, -0.2) is 19.9 Å². The number of nitrogens with zero attached hydrogens (tertiary/aromatic N) is 3. The summed E-state index contributed by atoms with van der Waals surface area (Å²) in [6, 6.07) is 0. The van der Waals surface area contributed by atoms with Crippen molar-refractivity contribution in [3.63, 3.8) is 0 Å². The summed E-state index contributed by atoms with van der Waals surface area (Å²) in [6.07, 6.45) is 5.47. The molecule has 0 fully saturated rings. The maximum absolute atomic E-state index is 5.23. The molecule has 2 rings (SSSR count). The first-order valence-corrected chi connectivity index (χ1v) is 6.89. The van der Waals surface area contributed by atoms with Crippen LogP contribution in [0.5, 0.6) is 0 Å². The minimum atomic E-state index is 0.538. The third-order valence-corrected chi connectivity index (χ3v) is 3.84. The summed E-state index contributed by atoms with van der Waals surface area (Å²) in [5, 5.41) is 0. The van der Waals surface area contributed by atoms with Crippen molar-refractivity contribution in [3.05, 3.63) is 32.8 Å². The summed E-state index contributed by atoms with van der Waals surface area (Å²) in [7, 11) is 0. The van der Waals surface area contributed by atoms with E-state index < -0.39 is 0 Å². The molecule has 2 aromatic heterocycles. The molecule has 1 N–H and O–H groups in total. The maximum Gasteiger partial charge on any atom is 0.195 e. The largest absolute Gasteiger partial charge is 0.339 e. The maximum atomic E-state index is 5.23. The zero-order valence-corrected chi connectivity index (χ0v) is 12.6. The Hall–Kier alpha value is -1.14. The van der Waals surface area contributed by atoms with Gasteiger partial charge in [-0.25, -0.2) is 15.0 Å². The molecule has 0 unspecified atom stereocenters. The molecule has 0 aliphatic carbocycles. The van der Waals surface area contributed by atoms with Crippen molar-refractivity contribution in [2.75, 3.05) is 0 Å². The van der Waals surface area contributed by atoms with Gasteiger partial charge in [-0.2, -0.15) is 0 Å². The molecule has 0 saturated heterocycles. The van der Waals surface area contributed by atoms with E-state index in [2.05, 4.69) is 42.8 Å². The van der Waals surface area contributed by atoms with Crippen LogP contribution >= 0.6 is 28.1 Å². The van der Waals surface area contributed by atoms with Gasteiger partial charge in [-0.3, -0.25) is 0 Å². The highest BCUT2D eigenvalue weighted by molar-refractivity contribution is 9.10. The zero-order chi connectivity index (χ0) is 13.1. The number of halogens is 1. The number of hydrogen-bond acceptors (Lipinski definition) is 4. The highest BCUT2D eigenvalue weighted by Crippen LogP contribution is 2.20. The van der Waals surface area contributed by atoms with E-state index in [1.54, 1.807) is 12.4 Å². The standard InChI is InChI=1S/C12H13BrN4S/c1-3-4-8-9(13)12(18)17-11(16-8)10-14-5-7(2)6-15-10/h5-6H,3-4H2,1-2H3,(H,16,17,18). The number of rotatable bonds is 3. The Kier molecular flexibility index (Phi) is 4.19. The molecule has 4 nitrogen and oxygen atoms in total. The molecule has 6 heteroatoms. The van der Waals surface area contributed by atoms with Crippen LogP contribution < -0.4 is 0 Å². The predicted octanol–water partition coefficient (Wildman–Crippen LogP) is 3.62. The molecule has 0 amide bonds. The van der Waals surface area contributed by atoms with Gasteiger partial charge in [0, 0.05) is 18.1 Å². The van der Waals surface area contributed by atoms with E-state index in [1.807, 2.05) is 6.92 Å². The Labute approximate surface area is 119 Å². The summed E-state index contributed by atoms with van der Waals surface area (Å²) in [5.41, 5.74) is 2.06. The first kappa shape index (κ1) is 13.3. The summed E-state index contributed by atoms with van der Waals surface area (Å²) in [6.45, 7) is 4.06. The lowest BCUT2D eigenvalue weighted by atomic mass is 10.2. The van der Waals surface area contributed by atoms with Crippen molar-refractivity contribution >= 4 is 28.1 Å². The van der Waals surface area contributed by atoms with Gasteiger partial charge in [-0.05, 0) is 34.8 Å². The molecule has 18 heavy (non-hydrogen) atoms. The van der Waals surface area contributed by atoms with Crippen molar-refractivity contribution in [2.24, 2.45) is 0 Å². The second kappa shape index (κ2) is 5.67. The molecular weight excluding hydrogens is 312 g/mol. The molecular formula is C12H13BrN4S. The summed E-state index contributed by atoms with van der Waals surface area (Å²) in [5.74, 6) is 1.18. The fraction of sp³-hybridized carbons (Fsp3) is 0.333. The van der Waals surface area contributed by atoms with Gasteiger partial charge in [-0.1, -0.05) is 25.6 Å². The van der Waals surface area contributed by atoms with Gasteiger partial charge < -0.3 is 4.98 Å². The smallest absolute Gasteiger partial charge is 0.195 e. The first-order valence-electron chi connectivity index (χ1n) is 5.69. The molecule has 0 aliphatic rings.